The minimum atomic E-state index is 0.793. The zero-order chi connectivity index (χ0) is 21.4. The molecule has 3 heteroatoms. The monoisotopic (exact) mass is 413 g/mol. The number of hydrogen-bond donors (Lipinski definition) is 0. The summed E-state index contributed by atoms with van der Waals surface area (Å²) in [6.07, 6.45) is 1.86. The van der Waals surface area contributed by atoms with Crippen LogP contribution >= 0.6 is 0 Å². The highest BCUT2D eigenvalue weighted by Crippen LogP contribution is 2.41. The van der Waals surface area contributed by atoms with Crippen molar-refractivity contribution in [3.8, 4) is 11.3 Å². The average molecular weight is 413 g/mol. The second-order valence-corrected chi connectivity index (χ2v) is 8.59. The van der Waals surface area contributed by atoms with Crippen molar-refractivity contribution in [3.05, 3.63) is 90.1 Å². The smallest absolute Gasteiger partial charge is 0.161 e. The van der Waals surface area contributed by atoms with Gasteiger partial charge in [-0.25, -0.2) is 0 Å². The van der Waals surface area contributed by atoms with Crippen LogP contribution < -0.4 is 0 Å². The van der Waals surface area contributed by atoms with Crippen LogP contribution in [-0.4, -0.2) is 4.98 Å². The van der Waals surface area contributed by atoms with E-state index in [1.165, 1.54) is 16.5 Å². The van der Waals surface area contributed by atoms with Gasteiger partial charge in [0.05, 0.1) is 0 Å². The van der Waals surface area contributed by atoms with E-state index in [2.05, 4.69) is 74.5 Å². The predicted molar refractivity (Wildman–Crippen MR) is 131 cm³/mol. The highest BCUT2D eigenvalue weighted by atomic mass is 16.3. The van der Waals surface area contributed by atoms with Crippen LogP contribution in [0, 0.1) is 13.8 Å². The van der Waals surface area contributed by atoms with Gasteiger partial charge in [0.1, 0.15) is 22.4 Å². The van der Waals surface area contributed by atoms with Crippen LogP contribution in [0.5, 0.6) is 0 Å². The molecule has 32 heavy (non-hydrogen) atoms. The van der Waals surface area contributed by atoms with Crippen molar-refractivity contribution in [3.63, 3.8) is 0 Å². The highest BCUT2D eigenvalue weighted by Gasteiger charge is 2.19. The van der Waals surface area contributed by atoms with Gasteiger partial charge in [0.2, 0.25) is 0 Å². The van der Waals surface area contributed by atoms with Gasteiger partial charge in [-0.3, -0.25) is 4.98 Å². The van der Waals surface area contributed by atoms with E-state index in [0.717, 1.165) is 60.5 Å². The standard InChI is InChI=1S/C29H19NO2/c1-16-6-9-19-18(14-16)8-10-21-20-4-3-5-23(28(20)32-27(19)21)26-29-22(12-13-30-26)24-15-17(2)7-11-25(24)31-29/h3-15H,1-2H3. The van der Waals surface area contributed by atoms with Gasteiger partial charge in [-0.15, -0.1) is 0 Å². The Morgan fingerprint density at radius 2 is 1.38 bits per heavy atom. The number of hydrogen-bond acceptors (Lipinski definition) is 3. The Kier molecular flexibility index (Phi) is 3.41. The van der Waals surface area contributed by atoms with Gasteiger partial charge in [0, 0.05) is 38.7 Å². The fourth-order valence-corrected chi connectivity index (χ4v) is 4.90. The van der Waals surface area contributed by atoms with Gasteiger partial charge in [-0.1, -0.05) is 53.6 Å². The van der Waals surface area contributed by atoms with Gasteiger partial charge < -0.3 is 8.83 Å². The summed E-state index contributed by atoms with van der Waals surface area (Å²) in [6, 6.07) is 25.4. The summed E-state index contributed by atoms with van der Waals surface area (Å²) in [5.41, 5.74) is 7.62. The maximum absolute atomic E-state index is 6.55. The van der Waals surface area contributed by atoms with Crippen LogP contribution in [0.25, 0.3) is 65.9 Å². The molecule has 152 valence electrons. The molecule has 0 saturated heterocycles. The summed E-state index contributed by atoms with van der Waals surface area (Å²) in [6.45, 7) is 4.21. The lowest BCUT2D eigenvalue weighted by atomic mass is 10.0. The highest BCUT2D eigenvalue weighted by molar-refractivity contribution is 6.18. The Balaban J connectivity index is 1.58. The maximum atomic E-state index is 6.55. The summed E-state index contributed by atoms with van der Waals surface area (Å²) >= 11 is 0. The lowest BCUT2D eigenvalue weighted by Gasteiger charge is -2.02. The normalized spacial score (nSPS) is 12.1. The number of para-hydroxylation sites is 1. The van der Waals surface area contributed by atoms with Gasteiger partial charge in [-0.2, -0.15) is 0 Å². The molecule has 4 aromatic carbocycles. The minimum Gasteiger partial charge on any atom is -0.455 e. The first kappa shape index (κ1) is 17.6. The van der Waals surface area contributed by atoms with E-state index in [9.17, 15) is 0 Å². The summed E-state index contributed by atoms with van der Waals surface area (Å²) < 4.78 is 12.8. The molecule has 0 spiro atoms. The first-order chi connectivity index (χ1) is 15.7. The fraction of sp³-hybridized carbons (Fsp3) is 0.0690. The topological polar surface area (TPSA) is 39.2 Å². The summed E-state index contributed by atoms with van der Waals surface area (Å²) in [5.74, 6) is 0. The minimum absolute atomic E-state index is 0.793. The quantitative estimate of drug-likeness (QED) is 0.272. The SMILES string of the molecule is Cc1ccc2c(ccc3c4cccc(-c5nccc6c5oc5ccc(C)cc56)c4oc23)c1. The molecule has 3 aromatic heterocycles. The molecule has 0 aliphatic carbocycles. The third kappa shape index (κ3) is 2.33. The molecule has 0 unspecified atom stereocenters. The van der Waals surface area contributed by atoms with Crippen molar-refractivity contribution in [2.24, 2.45) is 0 Å². The van der Waals surface area contributed by atoms with Crippen molar-refractivity contribution < 1.29 is 8.83 Å². The molecule has 3 nitrogen and oxygen atoms in total. The van der Waals surface area contributed by atoms with E-state index in [4.69, 9.17) is 13.8 Å². The van der Waals surface area contributed by atoms with Crippen LogP contribution in [0.15, 0.2) is 87.8 Å². The zero-order valence-electron chi connectivity index (χ0n) is 17.8. The molecule has 0 atom stereocenters. The second kappa shape index (κ2) is 6.21. The zero-order valence-corrected chi connectivity index (χ0v) is 17.8. The van der Waals surface area contributed by atoms with E-state index < -0.39 is 0 Å². The van der Waals surface area contributed by atoms with Crippen molar-refractivity contribution in [2.75, 3.05) is 0 Å². The van der Waals surface area contributed by atoms with Crippen LogP contribution in [0.2, 0.25) is 0 Å². The fourth-order valence-electron chi connectivity index (χ4n) is 4.90. The lowest BCUT2D eigenvalue weighted by Crippen LogP contribution is -1.84. The van der Waals surface area contributed by atoms with Crippen LogP contribution in [0.4, 0.5) is 0 Å². The van der Waals surface area contributed by atoms with Crippen molar-refractivity contribution in [2.45, 2.75) is 13.8 Å². The Bertz CT molecular complexity index is 1850. The van der Waals surface area contributed by atoms with Gasteiger partial charge in [0.15, 0.2) is 5.58 Å². The molecule has 0 amide bonds. The van der Waals surface area contributed by atoms with Crippen LogP contribution in [-0.2, 0) is 0 Å². The number of furan rings is 2. The number of aromatic nitrogens is 1. The van der Waals surface area contributed by atoms with Crippen molar-refractivity contribution in [1.29, 1.82) is 0 Å². The Labute approximate surface area is 183 Å². The van der Waals surface area contributed by atoms with Crippen molar-refractivity contribution >= 4 is 54.6 Å². The predicted octanol–water partition coefficient (Wildman–Crippen LogP) is 8.32. The molecular formula is C29H19NO2. The summed E-state index contributed by atoms with van der Waals surface area (Å²) in [5, 5.41) is 6.70. The van der Waals surface area contributed by atoms with Crippen LogP contribution in [0.3, 0.4) is 0 Å². The molecule has 7 aromatic rings. The second-order valence-electron chi connectivity index (χ2n) is 8.59. The third-order valence-electron chi connectivity index (χ3n) is 6.43. The molecule has 0 N–H and O–H groups in total. The number of nitrogens with zero attached hydrogens (tertiary/aromatic N) is 1. The lowest BCUT2D eigenvalue weighted by molar-refractivity contribution is 0.664. The molecule has 0 fully saturated rings. The van der Waals surface area contributed by atoms with Gasteiger partial charge in [-0.05, 0) is 49.6 Å². The molecule has 0 saturated carbocycles. The molecule has 0 radical (unpaired) electrons. The van der Waals surface area contributed by atoms with E-state index in [0.29, 0.717) is 0 Å². The first-order valence-corrected chi connectivity index (χ1v) is 10.8. The number of rotatable bonds is 1. The largest absolute Gasteiger partial charge is 0.455 e. The first-order valence-electron chi connectivity index (χ1n) is 10.8. The molecule has 0 aliphatic rings. The van der Waals surface area contributed by atoms with Crippen LogP contribution in [0.1, 0.15) is 11.1 Å². The molecule has 0 aliphatic heterocycles. The number of fused-ring (bicyclic) bond motifs is 8. The van der Waals surface area contributed by atoms with Crippen molar-refractivity contribution in [1.82, 2.24) is 4.98 Å². The van der Waals surface area contributed by atoms with E-state index in [1.807, 2.05) is 18.3 Å². The summed E-state index contributed by atoms with van der Waals surface area (Å²) in [7, 11) is 0. The molecule has 0 bridgehead atoms. The molecule has 7 rings (SSSR count). The van der Waals surface area contributed by atoms with Gasteiger partial charge in [0.25, 0.3) is 0 Å². The number of benzene rings is 4. The third-order valence-corrected chi connectivity index (χ3v) is 6.43. The maximum Gasteiger partial charge on any atom is 0.161 e. The Morgan fingerprint density at radius 3 is 2.31 bits per heavy atom. The Morgan fingerprint density at radius 1 is 0.594 bits per heavy atom. The molecule has 3 heterocycles. The average Bonchev–Trinajstić information content (AvgIpc) is 3.37. The van der Waals surface area contributed by atoms with E-state index in [-0.39, 0.29) is 0 Å². The Hall–Kier alpha value is -4.11. The van der Waals surface area contributed by atoms with E-state index in [1.54, 1.807) is 0 Å². The summed E-state index contributed by atoms with van der Waals surface area (Å²) in [4.78, 5) is 4.74. The van der Waals surface area contributed by atoms with E-state index >= 15 is 0 Å². The number of aryl methyl sites for hydroxylation is 2. The van der Waals surface area contributed by atoms with Gasteiger partial charge >= 0.3 is 0 Å². The molecular weight excluding hydrogens is 394 g/mol. The number of pyridine rings is 1.